The van der Waals surface area contributed by atoms with E-state index in [2.05, 4.69) is 45.8 Å². The molecular formula is C27H46N2O5SSi. The van der Waals surface area contributed by atoms with Crippen LogP contribution in [0.25, 0.3) is 0 Å². The molecule has 0 aromatic heterocycles. The van der Waals surface area contributed by atoms with Crippen LogP contribution in [0.2, 0.25) is 18.1 Å². The van der Waals surface area contributed by atoms with Gasteiger partial charge in [0.25, 0.3) is 0 Å². The Balaban J connectivity index is 1.55. The van der Waals surface area contributed by atoms with E-state index in [4.69, 9.17) is 9.16 Å². The number of piperidine rings is 1. The van der Waals surface area contributed by atoms with Crippen molar-refractivity contribution in [3.05, 3.63) is 12.7 Å². The van der Waals surface area contributed by atoms with Crippen molar-refractivity contribution in [2.24, 2.45) is 17.8 Å². The summed E-state index contributed by atoms with van der Waals surface area (Å²) in [6.07, 6.45) is 5.84. The van der Waals surface area contributed by atoms with Crippen molar-refractivity contribution in [1.82, 2.24) is 10.2 Å². The van der Waals surface area contributed by atoms with Crippen LogP contribution >= 0.6 is 11.8 Å². The third-order valence-corrected chi connectivity index (χ3v) is 14.6. The van der Waals surface area contributed by atoms with E-state index in [0.29, 0.717) is 12.5 Å². The van der Waals surface area contributed by atoms with Gasteiger partial charge < -0.3 is 19.4 Å². The van der Waals surface area contributed by atoms with Crippen LogP contribution in [0.1, 0.15) is 59.8 Å². The third kappa shape index (κ3) is 6.75. The van der Waals surface area contributed by atoms with E-state index in [1.54, 1.807) is 22.7 Å². The Kier molecular flexibility index (Phi) is 9.77. The second-order valence-corrected chi connectivity index (χ2v) is 18.2. The summed E-state index contributed by atoms with van der Waals surface area (Å²) in [6, 6.07) is -0.127. The first kappa shape index (κ1) is 29.2. The zero-order valence-electron chi connectivity index (χ0n) is 23.0. The van der Waals surface area contributed by atoms with Crippen molar-refractivity contribution in [2.45, 2.75) is 95.3 Å². The third-order valence-electron chi connectivity index (χ3n) is 8.52. The minimum Gasteiger partial charge on any atom is -0.445 e. The molecule has 3 aliphatic rings. The Labute approximate surface area is 222 Å². The predicted molar refractivity (Wildman–Crippen MR) is 148 cm³/mol. The molecule has 1 aliphatic carbocycles. The SMILES string of the molecule is C=CCOC(=O)N1CCC[C@H](CS[C@H]2CCC[C@H]([C@H]3NC(=O)[C@@H]3[C@@H](C)O[Si](C)(C)C(C)(C)C)C2=O)C1. The van der Waals surface area contributed by atoms with Crippen LogP contribution in [0.3, 0.4) is 0 Å². The normalized spacial score (nSPS) is 30.3. The Morgan fingerprint density at radius 1 is 1.25 bits per heavy atom. The summed E-state index contributed by atoms with van der Waals surface area (Å²) in [5.74, 6) is 1.12. The highest BCUT2D eigenvalue weighted by atomic mass is 32.2. The van der Waals surface area contributed by atoms with E-state index in [1.165, 1.54) is 0 Å². The fourth-order valence-corrected chi connectivity index (χ4v) is 8.28. The number of β-lactam (4-membered cyclic amide) rings is 1. The summed E-state index contributed by atoms with van der Waals surface area (Å²) in [6.45, 7) is 18.2. The second-order valence-electron chi connectivity index (χ2n) is 12.2. The topological polar surface area (TPSA) is 84.9 Å². The van der Waals surface area contributed by atoms with Gasteiger partial charge in [-0.05, 0) is 62.4 Å². The second kappa shape index (κ2) is 12.0. The maximum atomic E-state index is 13.5. The minimum atomic E-state index is -2.02. The van der Waals surface area contributed by atoms with Gasteiger partial charge in [-0.2, -0.15) is 11.8 Å². The smallest absolute Gasteiger partial charge is 0.410 e. The van der Waals surface area contributed by atoms with Gasteiger partial charge in [0.2, 0.25) is 5.91 Å². The van der Waals surface area contributed by atoms with Crippen molar-refractivity contribution in [3.8, 4) is 0 Å². The number of thioether (sulfide) groups is 1. The molecular weight excluding hydrogens is 492 g/mol. The molecule has 0 radical (unpaired) electrons. The predicted octanol–water partition coefficient (Wildman–Crippen LogP) is 5.02. The number of carbonyl (C=O) groups is 3. The quantitative estimate of drug-likeness (QED) is 0.252. The van der Waals surface area contributed by atoms with Gasteiger partial charge in [0.05, 0.1) is 23.3 Å². The number of likely N-dealkylation sites (tertiary alicyclic amines) is 1. The van der Waals surface area contributed by atoms with E-state index in [9.17, 15) is 14.4 Å². The van der Waals surface area contributed by atoms with Crippen LogP contribution in [-0.2, 0) is 18.8 Å². The largest absolute Gasteiger partial charge is 0.445 e. The number of amides is 2. The highest BCUT2D eigenvalue weighted by Crippen LogP contribution is 2.42. The first-order valence-corrected chi connectivity index (χ1v) is 17.5. The van der Waals surface area contributed by atoms with Crippen molar-refractivity contribution < 1.29 is 23.5 Å². The lowest BCUT2D eigenvalue weighted by molar-refractivity contribution is -0.145. The number of hydrogen-bond donors (Lipinski definition) is 1. The first-order valence-electron chi connectivity index (χ1n) is 13.5. The van der Waals surface area contributed by atoms with E-state index in [1.807, 2.05) is 6.92 Å². The maximum absolute atomic E-state index is 13.5. The molecule has 2 aliphatic heterocycles. The average molecular weight is 539 g/mol. The van der Waals surface area contributed by atoms with Gasteiger partial charge in [-0.3, -0.25) is 9.59 Å². The van der Waals surface area contributed by atoms with Crippen LogP contribution in [0.15, 0.2) is 12.7 Å². The highest BCUT2D eigenvalue weighted by Gasteiger charge is 2.52. The summed E-state index contributed by atoms with van der Waals surface area (Å²) >= 11 is 1.74. The molecule has 0 aromatic rings. The highest BCUT2D eigenvalue weighted by molar-refractivity contribution is 8.00. The van der Waals surface area contributed by atoms with Crippen molar-refractivity contribution in [3.63, 3.8) is 0 Å². The molecule has 36 heavy (non-hydrogen) atoms. The molecule has 1 N–H and O–H groups in total. The lowest BCUT2D eigenvalue weighted by atomic mass is 9.72. The fourth-order valence-electron chi connectivity index (χ4n) is 5.40. The molecule has 0 bridgehead atoms. The number of nitrogens with one attached hydrogen (secondary N) is 1. The Hall–Kier alpha value is -1.32. The zero-order chi connectivity index (χ0) is 26.7. The number of Topliss-reactive ketones (excluding diaryl/α,β-unsaturated/α-hetero) is 1. The van der Waals surface area contributed by atoms with Crippen LogP contribution in [-0.4, -0.2) is 73.8 Å². The number of nitrogens with zero attached hydrogens (tertiary/aromatic N) is 1. The molecule has 0 unspecified atom stereocenters. The summed E-state index contributed by atoms with van der Waals surface area (Å²) < 4.78 is 11.8. The van der Waals surface area contributed by atoms with Gasteiger partial charge in [-0.1, -0.05) is 39.8 Å². The number of hydrogen-bond acceptors (Lipinski definition) is 6. The molecule has 2 heterocycles. The molecule has 3 fully saturated rings. The van der Waals surface area contributed by atoms with Gasteiger partial charge in [0.15, 0.2) is 14.1 Å². The molecule has 2 saturated heterocycles. The molecule has 1 saturated carbocycles. The van der Waals surface area contributed by atoms with Crippen molar-refractivity contribution >= 4 is 37.9 Å². The molecule has 7 nitrogen and oxygen atoms in total. The molecule has 6 atom stereocenters. The van der Waals surface area contributed by atoms with Gasteiger partial charge in [-0.15, -0.1) is 0 Å². The van der Waals surface area contributed by atoms with E-state index < -0.39 is 8.32 Å². The zero-order valence-corrected chi connectivity index (χ0v) is 24.8. The summed E-state index contributed by atoms with van der Waals surface area (Å²) in [7, 11) is -2.02. The lowest BCUT2D eigenvalue weighted by Gasteiger charge is -2.48. The molecule has 0 spiro atoms. The maximum Gasteiger partial charge on any atom is 0.410 e. The van der Waals surface area contributed by atoms with Crippen LogP contribution in [0, 0.1) is 17.8 Å². The standard InChI is InChI=1S/C27H46N2O5SSi/c1-8-15-33-26(32)29-14-10-11-19(16-29)17-35-21-13-9-12-20(24(21)30)23-22(25(31)28-23)18(2)34-36(6,7)27(3,4)5/h8,18-23H,1,9-17H2,2-7H3,(H,28,31)/t18-,19+,20-,21+,22-,23-/m1/s1. The van der Waals surface area contributed by atoms with Gasteiger partial charge >= 0.3 is 6.09 Å². The Morgan fingerprint density at radius 2 is 1.97 bits per heavy atom. The first-order chi connectivity index (χ1) is 16.9. The van der Waals surface area contributed by atoms with Crippen LogP contribution < -0.4 is 5.32 Å². The Morgan fingerprint density at radius 3 is 2.61 bits per heavy atom. The monoisotopic (exact) mass is 538 g/mol. The minimum absolute atomic E-state index is 0.0134. The van der Waals surface area contributed by atoms with Crippen LogP contribution in [0.4, 0.5) is 4.79 Å². The average Bonchev–Trinajstić information content (AvgIpc) is 2.79. The molecule has 2 amide bonds. The Bertz CT molecular complexity index is 829. The fraction of sp³-hybridized carbons (Fsp3) is 0.815. The van der Waals surface area contributed by atoms with Gasteiger partial charge in [0, 0.05) is 19.0 Å². The van der Waals surface area contributed by atoms with E-state index in [0.717, 1.165) is 44.4 Å². The van der Waals surface area contributed by atoms with E-state index in [-0.39, 0.29) is 58.7 Å². The van der Waals surface area contributed by atoms with E-state index >= 15 is 0 Å². The molecule has 9 heteroatoms. The molecule has 3 rings (SSSR count). The van der Waals surface area contributed by atoms with Gasteiger partial charge in [0.1, 0.15) is 6.61 Å². The number of ketones is 1. The molecule has 0 aromatic carbocycles. The number of rotatable bonds is 9. The van der Waals surface area contributed by atoms with Crippen LogP contribution in [0.5, 0.6) is 0 Å². The number of ether oxygens (including phenoxy) is 1. The van der Waals surface area contributed by atoms with Gasteiger partial charge in [-0.25, -0.2) is 4.79 Å². The summed E-state index contributed by atoms with van der Waals surface area (Å²) in [5.41, 5.74) is 0. The summed E-state index contributed by atoms with van der Waals surface area (Å²) in [4.78, 5) is 40.1. The summed E-state index contributed by atoms with van der Waals surface area (Å²) in [5, 5.41) is 3.09. The van der Waals surface area contributed by atoms with Crippen molar-refractivity contribution in [1.29, 1.82) is 0 Å². The molecule has 204 valence electrons. The lowest BCUT2D eigenvalue weighted by Crippen LogP contribution is -2.68. The number of carbonyl (C=O) groups excluding carboxylic acids is 3. The van der Waals surface area contributed by atoms with Crippen molar-refractivity contribution in [2.75, 3.05) is 25.4 Å².